The van der Waals surface area contributed by atoms with Crippen molar-refractivity contribution in [2.24, 2.45) is 0 Å². The third kappa shape index (κ3) is 2.06. The van der Waals surface area contributed by atoms with Crippen LogP contribution in [0.3, 0.4) is 0 Å². The Labute approximate surface area is 90.2 Å². The first-order valence-corrected chi connectivity index (χ1v) is 4.44. The van der Waals surface area contributed by atoms with E-state index in [0.29, 0.717) is 6.20 Å². The molecule has 0 saturated carbocycles. The number of alkyl halides is 2. The van der Waals surface area contributed by atoms with E-state index in [1.807, 2.05) is 0 Å². The second kappa shape index (κ2) is 4.27. The Morgan fingerprint density at radius 2 is 2.14 bits per heavy atom. The van der Waals surface area contributed by atoms with E-state index in [1.54, 1.807) is 0 Å². The molecule has 1 aromatic heterocycles. The van der Waals surface area contributed by atoms with E-state index in [9.17, 15) is 18.0 Å². The molecule has 0 bridgehead atoms. The lowest BCUT2D eigenvalue weighted by Crippen LogP contribution is -2.04. The third-order valence-corrected chi connectivity index (χ3v) is 2.18. The summed E-state index contributed by atoms with van der Waals surface area (Å²) in [5.41, 5.74) is -1.66. The number of pyridine rings is 1. The number of hydrogen-bond acceptors (Lipinski definition) is 2. The molecule has 0 atom stereocenters. The molecular weight excluding hydrogens is 286 g/mol. The fraction of sp³-hybridized carbons (Fsp3) is 0.143. The molecule has 0 fully saturated rings. The minimum atomic E-state index is -3.00. The highest BCUT2D eigenvalue weighted by Crippen LogP contribution is 2.28. The zero-order valence-electron chi connectivity index (χ0n) is 6.40. The SMILES string of the molecule is O=C(Cl)c1c(C(F)F)cnc(Br)c1F. The summed E-state index contributed by atoms with van der Waals surface area (Å²) in [6, 6.07) is 0. The van der Waals surface area contributed by atoms with Crippen molar-refractivity contribution in [2.45, 2.75) is 6.43 Å². The van der Waals surface area contributed by atoms with Crippen LogP contribution in [0.15, 0.2) is 10.8 Å². The standard InChI is InChI=1S/C7H2BrClF3NO/c8-5-4(10)3(6(9)14)2(1-13-5)7(11)12/h1,7H. The van der Waals surface area contributed by atoms with Gasteiger partial charge in [0.1, 0.15) is 4.60 Å². The molecule has 1 rings (SSSR count). The molecular formula is C7H2BrClF3NO. The molecule has 0 aliphatic carbocycles. The number of carbonyl (C=O) groups is 1. The van der Waals surface area contributed by atoms with Crippen molar-refractivity contribution in [1.29, 1.82) is 0 Å². The Bertz CT molecular complexity index is 385. The van der Waals surface area contributed by atoms with Gasteiger partial charge in [-0.05, 0) is 27.5 Å². The highest BCUT2D eigenvalue weighted by Gasteiger charge is 2.23. The Hall–Kier alpha value is -0.620. The van der Waals surface area contributed by atoms with Gasteiger partial charge in [0.25, 0.3) is 11.7 Å². The number of nitrogens with zero attached hydrogens (tertiary/aromatic N) is 1. The van der Waals surface area contributed by atoms with Crippen molar-refractivity contribution >= 4 is 32.8 Å². The van der Waals surface area contributed by atoms with Crippen molar-refractivity contribution < 1.29 is 18.0 Å². The maximum atomic E-state index is 13.1. The highest BCUT2D eigenvalue weighted by molar-refractivity contribution is 9.10. The summed E-state index contributed by atoms with van der Waals surface area (Å²) in [4.78, 5) is 14.0. The van der Waals surface area contributed by atoms with Crippen LogP contribution in [0.2, 0.25) is 0 Å². The van der Waals surface area contributed by atoms with Crippen molar-refractivity contribution in [1.82, 2.24) is 4.98 Å². The highest BCUT2D eigenvalue weighted by atomic mass is 79.9. The molecule has 0 aromatic carbocycles. The van der Waals surface area contributed by atoms with Gasteiger partial charge in [-0.1, -0.05) is 0 Å². The molecule has 1 aromatic rings. The van der Waals surface area contributed by atoms with Crippen LogP contribution in [-0.4, -0.2) is 10.2 Å². The Morgan fingerprint density at radius 3 is 2.57 bits per heavy atom. The van der Waals surface area contributed by atoms with Gasteiger partial charge in [0, 0.05) is 6.20 Å². The van der Waals surface area contributed by atoms with Crippen molar-refractivity contribution in [3.63, 3.8) is 0 Å². The van der Waals surface area contributed by atoms with E-state index in [0.717, 1.165) is 0 Å². The van der Waals surface area contributed by atoms with Crippen LogP contribution in [0.5, 0.6) is 0 Å². The van der Waals surface area contributed by atoms with Gasteiger partial charge in [-0.3, -0.25) is 4.79 Å². The second-order valence-corrected chi connectivity index (χ2v) is 3.36. The molecule has 0 saturated heterocycles. The van der Waals surface area contributed by atoms with E-state index < -0.39 is 28.6 Å². The van der Waals surface area contributed by atoms with Crippen LogP contribution in [0.1, 0.15) is 22.3 Å². The first-order valence-electron chi connectivity index (χ1n) is 3.27. The lowest BCUT2D eigenvalue weighted by Gasteiger charge is -2.06. The molecule has 0 amide bonds. The average molecular weight is 288 g/mol. The van der Waals surface area contributed by atoms with Crippen molar-refractivity contribution in [3.05, 3.63) is 27.7 Å². The van der Waals surface area contributed by atoms with E-state index in [2.05, 4.69) is 20.9 Å². The predicted octanol–water partition coefficient (Wildman–Crippen LogP) is 3.30. The number of rotatable bonds is 2. The molecule has 0 radical (unpaired) electrons. The maximum absolute atomic E-state index is 13.1. The number of carbonyl (C=O) groups excluding carboxylic acids is 1. The van der Waals surface area contributed by atoms with Crippen LogP contribution < -0.4 is 0 Å². The van der Waals surface area contributed by atoms with Gasteiger partial charge in [-0.2, -0.15) is 0 Å². The number of halogens is 5. The normalized spacial score (nSPS) is 10.7. The fourth-order valence-corrected chi connectivity index (χ4v) is 1.34. The van der Waals surface area contributed by atoms with Gasteiger partial charge in [0.15, 0.2) is 5.82 Å². The molecule has 7 heteroatoms. The van der Waals surface area contributed by atoms with E-state index in [-0.39, 0.29) is 4.60 Å². The van der Waals surface area contributed by atoms with Crippen LogP contribution in [-0.2, 0) is 0 Å². The first-order chi connectivity index (χ1) is 6.45. The van der Waals surface area contributed by atoms with Crippen LogP contribution in [0, 0.1) is 5.82 Å². The zero-order chi connectivity index (χ0) is 10.9. The zero-order valence-corrected chi connectivity index (χ0v) is 8.74. The summed E-state index contributed by atoms with van der Waals surface area (Å²) in [6.07, 6.45) is -2.30. The molecule has 0 aliphatic rings. The number of aromatic nitrogens is 1. The van der Waals surface area contributed by atoms with Gasteiger partial charge < -0.3 is 0 Å². The molecule has 1 heterocycles. The minimum Gasteiger partial charge on any atom is -0.275 e. The van der Waals surface area contributed by atoms with E-state index >= 15 is 0 Å². The van der Waals surface area contributed by atoms with Gasteiger partial charge in [-0.15, -0.1) is 0 Å². The third-order valence-electron chi connectivity index (χ3n) is 1.44. The van der Waals surface area contributed by atoms with Gasteiger partial charge >= 0.3 is 0 Å². The maximum Gasteiger partial charge on any atom is 0.266 e. The van der Waals surface area contributed by atoms with E-state index in [4.69, 9.17) is 11.6 Å². The molecule has 76 valence electrons. The average Bonchev–Trinajstić information content (AvgIpc) is 2.08. The molecule has 2 nitrogen and oxygen atoms in total. The molecule has 0 aliphatic heterocycles. The van der Waals surface area contributed by atoms with Crippen LogP contribution in [0.4, 0.5) is 13.2 Å². The quantitative estimate of drug-likeness (QED) is 0.617. The van der Waals surface area contributed by atoms with Crippen LogP contribution >= 0.6 is 27.5 Å². The summed E-state index contributed by atoms with van der Waals surface area (Å²) in [6.45, 7) is 0. The fourth-order valence-electron chi connectivity index (χ4n) is 0.843. The van der Waals surface area contributed by atoms with Gasteiger partial charge in [-0.25, -0.2) is 18.2 Å². The van der Waals surface area contributed by atoms with Crippen LogP contribution in [0.25, 0.3) is 0 Å². The first kappa shape index (κ1) is 11.5. The largest absolute Gasteiger partial charge is 0.275 e. The van der Waals surface area contributed by atoms with Gasteiger partial charge in [0.2, 0.25) is 0 Å². The summed E-state index contributed by atoms with van der Waals surface area (Å²) >= 11 is 7.62. The molecule has 14 heavy (non-hydrogen) atoms. The monoisotopic (exact) mass is 287 g/mol. The predicted molar refractivity (Wildman–Crippen MR) is 47.0 cm³/mol. The number of hydrogen-bond donors (Lipinski definition) is 0. The Morgan fingerprint density at radius 1 is 1.57 bits per heavy atom. The summed E-state index contributed by atoms with van der Waals surface area (Å²) in [5.74, 6) is -1.18. The molecule has 0 unspecified atom stereocenters. The Balaban J connectivity index is 3.45. The minimum absolute atomic E-state index is 0.328. The lowest BCUT2D eigenvalue weighted by atomic mass is 10.1. The lowest BCUT2D eigenvalue weighted by molar-refractivity contribution is 0.106. The van der Waals surface area contributed by atoms with E-state index in [1.165, 1.54) is 0 Å². The smallest absolute Gasteiger partial charge is 0.266 e. The topological polar surface area (TPSA) is 30.0 Å². The van der Waals surface area contributed by atoms with Crippen molar-refractivity contribution in [2.75, 3.05) is 0 Å². The molecule has 0 spiro atoms. The summed E-state index contributed by atoms with van der Waals surface area (Å²) in [5, 5.41) is -1.28. The van der Waals surface area contributed by atoms with Gasteiger partial charge in [0.05, 0.1) is 11.1 Å². The Kier molecular flexibility index (Phi) is 3.49. The molecule has 0 N–H and O–H groups in total. The second-order valence-electron chi connectivity index (χ2n) is 2.27. The summed E-state index contributed by atoms with van der Waals surface area (Å²) in [7, 11) is 0. The van der Waals surface area contributed by atoms with Crippen molar-refractivity contribution in [3.8, 4) is 0 Å². The summed E-state index contributed by atoms with van der Waals surface area (Å²) < 4.78 is 37.3.